The van der Waals surface area contributed by atoms with Crippen LogP contribution in [0.25, 0.3) is 0 Å². The molecule has 0 bridgehead atoms. The van der Waals surface area contributed by atoms with Crippen LogP contribution in [0.15, 0.2) is 18.5 Å². The van der Waals surface area contributed by atoms with Crippen molar-refractivity contribution in [1.82, 2.24) is 9.47 Å². The van der Waals surface area contributed by atoms with Gasteiger partial charge in [-0.05, 0) is 18.9 Å². The summed E-state index contributed by atoms with van der Waals surface area (Å²) < 4.78 is 1.82. The lowest BCUT2D eigenvalue weighted by atomic mass is 10.0. The summed E-state index contributed by atoms with van der Waals surface area (Å²) in [7, 11) is 0. The van der Waals surface area contributed by atoms with Crippen molar-refractivity contribution in [2.24, 2.45) is 5.92 Å². The van der Waals surface area contributed by atoms with E-state index in [1.165, 1.54) is 12.8 Å². The van der Waals surface area contributed by atoms with E-state index in [1.54, 1.807) is 12.3 Å². The van der Waals surface area contributed by atoms with Crippen LogP contribution in [-0.2, 0) is 11.3 Å². The fourth-order valence-electron chi connectivity index (χ4n) is 2.59. The minimum absolute atomic E-state index is 0.00726. The standard InChI is InChI=1S/C16H24N2O2/c1-13(2)16(20)14-7-10-17(11-14)12-15(19)18-8-5-3-4-6-9-18/h7,10-11,13H,3-6,8-9,12H2,1-2H3. The summed E-state index contributed by atoms with van der Waals surface area (Å²) in [5.41, 5.74) is 0.698. The largest absolute Gasteiger partial charge is 0.344 e. The minimum atomic E-state index is -0.00726. The van der Waals surface area contributed by atoms with Gasteiger partial charge >= 0.3 is 0 Å². The van der Waals surface area contributed by atoms with E-state index < -0.39 is 0 Å². The molecular formula is C16H24N2O2. The quantitative estimate of drug-likeness (QED) is 0.794. The molecule has 1 saturated heterocycles. The predicted molar refractivity (Wildman–Crippen MR) is 78.6 cm³/mol. The van der Waals surface area contributed by atoms with Gasteiger partial charge < -0.3 is 9.47 Å². The van der Waals surface area contributed by atoms with Crippen molar-refractivity contribution in [3.05, 3.63) is 24.0 Å². The van der Waals surface area contributed by atoms with Crippen molar-refractivity contribution in [2.45, 2.75) is 46.1 Å². The van der Waals surface area contributed by atoms with Crippen LogP contribution in [0.4, 0.5) is 0 Å². The van der Waals surface area contributed by atoms with E-state index in [-0.39, 0.29) is 17.6 Å². The van der Waals surface area contributed by atoms with E-state index in [2.05, 4.69) is 0 Å². The molecular weight excluding hydrogens is 252 g/mol. The zero-order valence-electron chi connectivity index (χ0n) is 12.5. The van der Waals surface area contributed by atoms with E-state index >= 15 is 0 Å². The maximum atomic E-state index is 12.3. The van der Waals surface area contributed by atoms with E-state index in [1.807, 2.05) is 29.5 Å². The molecule has 0 unspecified atom stereocenters. The first kappa shape index (κ1) is 14.8. The number of nitrogens with zero attached hydrogens (tertiary/aromatic N) is 2. The van der Waals surface area contributed by atoms with Gasteiger partial charge in [-0.1, -0.05) is 26.7 Å². The second-order valence-corrected chi connectivity index (χ2v) is 5.89. The van der Waals surface area contributed by atoms with Gasteiger partial charge in [0.05, 0.1) is 0 Å². The Balaban J connectivity index is 1.95. The van der Waals surface area contributed by atoms with Gasteiger partial charge in [0.2, 0.25) is 5.91 Å². The van der Waals surface area contributed by atoms with Crippen LogP contribution < -0.4 is 0 Å². The molecule has 1 amide bonds. The number of rotatable bonds is 4. The van der Waals surface area contributed by atoms with Crippen LogP contribution in [0.2, 0.25) is 0 Å². The predicted octanol–water partition coefficient (Wildman–Crippen LogP) is 2.73. The fraction of sp³-hybridized carbons (Fsp3) is 0.625. The van der Waals surface area contributed by atoms with Gasteiger partial charge in [0.15, 0.2) is 5.78 Å². The molecule has 1 aliphatic rings. The summed E-state index contributed by atoms with van der Waals surface area (Å²) in [6, 6.07) is 1.80. The Bertz CT molecular complexity index is 469. The molecule has 4 nitrogen and oxygen atoms in total. The Morgan fingerprint density at radius 3 is 2.40 bits per heavy atom. The number of likely N-dealkylation sites (tertiary alicyclic amines) is 1. The number of carbonyl (C=O) groups is 2. The normalized spacial score (nSPS) is 16.2. The van der Waals surface area contributed by atoms with E-state index in [9.17, 15) is 9.59 Å². The summed E-state index contributed by atoms with van der Waals surface area (Å²) in [6.45, 7) is 5.87. The molecule has 1 aromatic rings. The average Bonchev–Trinajstić information content (AvgIpc) is 2.71. The minimum Gasteiger partial charge on any atom is -0.344 e. The van der Waals surface area contributed by atoms with Crippen LogP contribution >= 0.6 is 0 Å². The summed E-state index contributed by atoms with van der Waals surface area (Å²) >= 11 is 0. The topological polar surface area (TPSA) is 42.3 Å². The second kappa shape index (κ2) is 6.73. The molecule has 0 saturated carbocycles. The maximum absolute atomic E-state index is 12.3. The van der Waals surface area contributed by atoms with Crippen LogP contribution in [0.1, 0.15) is 49.9 Å². The smallest absolute Gasteiger partial charge is 0.242 e. The zero-order chi connectivity index (χ0) is 14.5. The van der Waals surface area contributed by atoms with Crippen molar-refractivity contribution in [3.63, 3.8) is 0 Å². The number of carbonyl (C=O) groups excluding carboxylic acids is 2. The lowest BCUT2D eigenvalue weighted by molar-refractivity contribution is -0.131. The number of Topliss-reactive ketones (excluding diaryl/α,β-unsaturated/α-hetero) is 1. The summed E-state index contributed by atoms with van der Waals surface area (Å²) in [6.07, 6.45) is 8.27. The van der Waals surface area contributed by atoms with Gasteiger partial charge in [0.25, 0.3) is 0 Å². The molecule has 0 atom stereocenters. The molecule has 2 heterocycles. The number of ketones is 1. The summed E-state index contributed by atoms with van der Waals surface area (Å²) in [4.78, 5) is 26.1. The van der Waals surface area contributed by atoms with Gasteiger partial charge in [-0.3, -0.25) is 9.59 Å². The van der Waals surface area contributed by atoms with Crippen molar-refractivity contribution >= 4 is 11.7 Å². The molecule has 0 radical (unpaired) electrons. The highest BCUT2D eigenvalue weighted by atomic mass is 16.2. The third-order valence-electron chi connectivity index (χ3n) is 3.84. The highest BCUT2D eigenvalue weighted by Gasteiger charge is 2.17. The third-order valence-corrected chi connectivity index (χ3v) is 3.84. The second-order valence-electron chi connectivity index (χ2n) is 5.89. The SMILES string of the molecule is CC(C)C(=O)c1ccn(CC(=O)N2CCCCCC2)c1. The number of aromatic nitrogens is 1. The fourth-order valence-corrected chi connectivity index (χ4v) is 2.59. The Kier molecular flexibility index (Phi) is 4.99. The Morgan fingerprint density at radius 2 is 1.80 bits per heavy atom. The zero-order valence-corrected chi connectivity index (χ0v) is 12.5. The summed E-state index contributed by atoms with van der Waals surface area (Å²) in [5, 5.41) is 0. The average molecular weight is 276 g/mol. The van der Waals surface area contributed by atoms with Crippen molar-refractivity contribution in [3.8, 4) is 0 Å². The molecule has 1 aromatic heterocycles. The van der Waals surface area contributed by atoms with Gasteiger partial charge in [0.1, 0.15) is 6.54 Å². The first-order chi connectivity index (χ1) is 9.58. The molecule has 0 aliphatic carbocycles. The van der Waals surface area contributed by atoms with Crippen LogP contribution in [-0.4, -0.2) is 34.2 Å². The third kappa shape index (κ3) is 3.71. The van der Waals surface area contributed by atoms with Gasteiger partial charge in [-0.15, -0.1) is 0 Å². The van der Waals surface area contributed by atoms with Gasteiger partial charge in [-0.2, -0.15) is 0 Å². The Morgan fingerprint density at radius 1 is 1.15 bits per heavy atom. The molecule has 4 heteroatoms. The number of hydrogen-bond acceptors (Lipinski definition) is 2. The number of hydrogen-bond donors (Lipinski definition) is 0. The lowest BCUT2D eigenvalue weighted by Gasteiger charge is -2.20. The molecule has 110 valence electrons. The highest BCUT2D eigenvalue weighted by Crippen LogP contribution is 2.12. The van der Waals surface area contributed by atoms with Gasteiger partial charge in [0, 0.05) is 37.0 Å². The van der Waals surface area contributed by atoms with Crippen LogP contribution in [0.5, 0.6) is 0 Å². The summed E-state index contributed by atoms with van der Waals surface area (Å²) in [5.74, 6) is 0.282. The van der Waals surface area contributed by atoms with Crippen LogP contribution in [0, 0.1) is 5.92 Å². The molecule has 1 fully saturated rings. The molecule has 2 rings (SSSR count). The monoisotopic (exact) mass is 276 g/mol. The molecule has 0 N–H and O–H groups in total. The molecule has 1 aliphatic heterocycles. The highest BCUT2D eigenvalue weighted by molar-refractivity contribution is 5.97. The maximum Gasteiger partial charge on any atom is 0.242 e. The van der Waals surface area contributed by atoms with Crippen molar-refractivity contribution < 1.29 is 9.59 Å². The van der Waals surface area contributed by atoms with Gasteiger partial charge in [-0.25, -0.2) is 0 Å². The van der Waals surface area contributed by atoms with Crippen LogP contribution in [0.3, 0.4) is 0 Å². The molecule has 0 spiro atoms. The van der Waals surface area contributed by atoms with Crippen molar-refractivity contribution in [1.29, 1.82) is 0 Å². The Labute approximate surface area is 120 Å². The molecule has 0 aromatic carbocycles. The first-order valence-electron chi connectivity index (χ1n) is 7.55. The first-order valence-corrected chi connectivity index (χ1v) is 7.55. The van der Waals surface area contributed by atoms with E-state index in [0.29, 0.717) is 12.1 Å². The van der Waals surface area contributed by atoms with E-state index in [4.69, 9.17) is 0 Å². The lowest BCUT2D eigenvalue weighted by Crippen LogP contribution is -2.34. The van der Waals surface area contributed by atoms with Crippen molar-refractivity contribution in [2.75, 3.05) is 13.1 Å². The molecule has 20 heavy (non-hydrogen) atoms. The van der Waals surface area contributed by atoms with E-state index in [0.717, 1.165) is 25.9 Å². The Hall–Kier alpha value is -1.58. The number of amides is 1.